The van der Waals surface area contributed by atoms with E-state index in [0.717, 1.165) is 116 Å². The predicted molar refractivity (Wildman–Crippen MR) is 193 cm³/mol. The molecule has 272 valence electrons. The number of carbonyl (C=O) groups is 3. The molecule has 0 heterocycles. The van der Waals surface area contributed by atoms with E-state index in [4.69, 9.17) is 9.47 Å². The molecule has 0 aromatic carbocycles. The number of nitrogens with zero attached hydrogens (tertiary/aromatic N) is 1. The molecule has 0 saturated carbocycles. The highest BCUT2D eigenvalue weighted by molar-refractivity contribution is 5.75. The minimum Gasteiger partial charge on any atom is -0.466 e. The van der Waals surface area contributed by atoms with E-state index in [1.165, 1.54) is 57.8 Å². The van der Waals surface area contributed by atoms with Crippen molar-refractivity contribution in [1.29, 1.82) is 0 Å². The highest BCUT2D eigenvalue weighted by Gasteiger charge is 2.14. The molecule has 7 nitrogen and oxygen atoms in total. The quantitative estimate of drug-likeness (QED) is 0.0542. The van der Waals surface area contributed by atoms with Crippen LogP contribution in [0.3, 0.4) is 0 Å². The molecule has 0 spiro atoms. The third-order valence-electron chi connectivity index (χ3n) is 8.82. The minimum absolute atomic E-state index is 0.00737. The Balaban J connectivity index is 4.15. The van der Waals surface area contributed by atoms with Crippen molar-refractivity contribution in [1.82, 2.24) is 10.2 Å². The van der Waals surface area contributed by atoms with E-state index in [1.807, 2.05) is 6.92 Å². The molecule has 0 aliphatic heterocycles. The molecule has 0 saturated heterocycles. The Morgan fingerprint density at radius 2 is 1.04 bits per heavy atom. The Morgan fingerprint density at radius 1 is 0.543 bits per heavy atom. The number of nitrogens with one attached hydrogen (secondary N) is 1. The van der Waals surface area contributed by atoms with E-state index in [0.29, 0.717) is 25.9 Å². The van der Waals surface area contributed by atoms with Crippen molar-refractivity contribution in [3.63, 3.8) is 0 Å². The van der Waals surface area contributed by atoms with Gasteiger partial charge in [0.15, 0.2) is 0 Å². The zero-order valence-electron chi connectivity index (χ0n) is 31.0. The topological polar surface area (TPSA) is 84.9 Å². The van der Waals surface area contributed by atoms with Gasteiger partial charge in [-0.1, -0.05) is 118 Å². The van der Waals surface area contributed by atoms with Gasteiger partial charge in [0, 0.05) is 25.8 Å². The van der Waals surface area contributed by atoms with Crippen LogP contribution >= 0.6 is 0 Å². The van der Waals surface area contributed by atoms with Gasteiger partial charge in [0.25, 0.3) is 0 Å². The van der Waals surface area contributed by atoms with E-state index < -0.39 is 0 Å². The van der Waals surface area contributed by atoms with Gasteiger partial charge in [-0.05, 0) is 77.4 Å². The second-order valence-corrected chi connectivity index (χ2v) is 13.3. The maximum atomic E-state index is 12.4. The van der Waals surface area contributed by atoms with Crippen LogP contribution in [-0.2, 0) is 23.9 Å². The number of hydrogen-bond donors (Lipinski definition) is 1. The van der Waals surface area contributed by atoms with Crippen LogP contribution in [0.25, 0.3) is 0 Å². The van der Waals surface area contributed by atoms with Gasteiger partial charge in [0.1, 0.15) is 6.10 Å². The van der Waals surface area contributed by atoms with E-state index in [9.17, 15) is 14.4 Å². The van der Waals surface area contributed by atoms with Crippen LogP contribution in [0.1, 0.15) is 195 Å². The fourth-order valence-corrected chi connectivity index (χ4v) is 5.79. The second kappa shape index (κ2) is 34.7. The average molecular weight is 653 g/mol. The van der Waals surface area contributed by atoms with E-state index >= 15 is 0 Å². The Hall–Kier alpha value is -1.63. The number of amides is 1. The summed E-state index contributed by atoms with van der Waals surface area (Å²) in [5.41, 5.74) is 0. The van der Waals surface area contributed by atoms with Crippen molar-refractivity contribution in [2.75, 3.05) is 32.8 Å². The third-order valence-corrected chi connectivity index (χ3v) is 8.82. The van der Waals surface area contributed by atoms with Crippen LogP contribution in [0.4, 0.5) is 0 Å². The lowest BCUT2D eigenvalue weighted by molar-refractivity contribution is -0.150. The molecule has 0 fully saturated rings. The van der Waals surface area contributed by atoms with E-state index in [-0.39, 0.29) is 23.9 Å². The smallest absolute Gasteiger partial charge is 0.306 e. The number of esters is 2. The Labute approximate surface area is 285 Å². The van der Waals surface area contributed by atoms with E-state index in [2.05, 4.69) is 31.0 Å². The van der Waals surface area contributed by atoms with Gasteiger partial charge in [-0.15, -0.1) is 0 Å². The summed E-state index contributed by atoms with van der Waals surface area (Å²) >= 11 is 0. The lowest BCUT2D eigenvalue weighted by Gasteiger charge is -2.22. The highest BCUT2D eigenvalue weighted by Crippen LogP contribution is 2.16. The van der Waals surface area contributed by atoms with Gasteiger partial charge in [-0.2, -0.15) is 0 Å². The summed E-state index contributed by atoms with van der Waals surface area (Å²) in [6, 6.07) is 0. The van der Waals surface area contributed by atoms with Crippen LogP contribution in [0.15, 0.2) is 0 Å². The summed E-state index contributed by atoms with van der Waals surface area (Å²) < 4.78 is 11.2. The molecule has 0 aromatic rings. The first-order valence-corrected chi connectivity index (χ1v) is 19.8. The molecule has 0 aromatic heterocycles. The van der Waals surface area contributed by atoms with Crippen molar-refractivity contribution in [2.45, 2.75) is 201 Å². The molecule has 1 atom stereocenters. The third kappa shape index (κ3) is 31.0. The lowest BCUT2D eigenvalue weighted by atomic mass is 10.1. The number of unbranched alkanes of at least 4 members (excludes halogenated alkanes) is 15. The van der Waals surface area contributed by atoms with Crippen molar-refractivity contribution < 1.29 is 23.9 Å². The SMILES string of the molecule is CCCCCCCOC(=O)CCCCCCCN(CCCCCCCC(=O)OC(CCCC)CCCCC)CCCNC(=O)CC. The number of rotatable bonds is 35. The molecule has 0 aliphatic rings. The van der Waals surface area contributed by atoms with E-state index in [1.54, 1.807) is 0 Å². The predicted octanol–water partition coefficient (Wildman–Crippen LogP) is 10.1. The van der Waals surface area contributed by atoms with Gasteiger partial charge in [0.05, 0.1) is 6.61 Å². The zero-order valence-corrected chi connectivity index (χ0v) is 31.0. The summed E-state index contributed by atoms with van der Waals surface area (Å²) in [7, 11) is 0. The van der Waals surface area contributed by atoms with Gasteiger partial charge >= 0.3 is 11.9 Å². The Morgan fingerprint density at radius 3 is 1.67 bits per heavy atom. The monoisotopic (exact) mass is 653 g/mol. The average Bonchev–Trinajstić information content (AvgIpc) is 3.05. The first kappa shape index (κ1) is 44.4. The molecule has 0 rings (SSSR count). The standard InChI is InChI=1S/C39H76N2O5/c1-5-9-12-19-25-35-45-38(43)29-21-15-13-17-23-32-41(34-26-31-40-37(42)8-4)33-24-18-14-16-22-30-39(44)46-36(27-11-7-3)28-20-10-6-2/h36H,5-35H2,1-4H3,(H,40,42). The highest BCUT2D eigenvalue weighted by atomic mass is 16.5. The first-order chi connectivity index (χ1) is 22.5. The maximum Gasteiger partial charge on any atom is 0.306 e. The molecule has 1 N–H and O–H groups in total. The maximum absolute atomic E-state index is 12.4. The molecule has 0 radical (unpaired) electrons. The summed E-state index contributed by atoms with van der Waals surface area (Å²) in [4.78, 5) is 38.5. The first-order valence-electron chi connectivity index (χ1n) is 19.8. The largest absolute Gasteiger partial charge is 0.466 e. The molecule has 46 heavy (non-hydrogen) atoms. The fraction of sp³-hybridized carbons (Fsp3) is 0.923. The molecular weight excluding hydrogens is 576 g/mol. The molecule has 1 unspecified atom stereocenters. The van der Waals surface area contributed by atoms with Crippen molar-refractivity contribution in [3.8, 4) is 0 Å². The van der Waals surface area contributed by atoms with Gasteiger partial charge in [0.2, 0.25) is 5.91 Å². The fourth-order valence-electron chi connectivity index (χ4n) is 5.79. The van der Waals surface area contributed by atoms with Gasteiger partial charge < -0.3 is 19.7 Å². The normalized spacial score (nSPS) is 11.9. The molecular formula is C39H76N2O5. The Bertz CT molecular complexity index is 702. The molecule has 1 amide bonds. The second-order valence-electron chi connectivity index (χ2n) is 13.3. The number of hydrogen-bond acceptors (Lipinski definition) is 6. The van der Waals surface area contributed by atoms with Crippen LogP contribution in [0.2, 0.25) is 0 Å². The summed E-state index contributed by atoms with van der Waals surface area (Å²) in [5, 5.41) is 3.00. The van der Waals surface area contributed by atoms with Crippen LogP contribution in [0, 0.1) is 0 Å². The molecule has 0 bridgehead atoms. The van der Waals surface area contributed by atoms with Crippen molar-refractivity contribution in [3.05, 3.63) is 0 Å². The summed E-state index contributed by atoms with van der Waals surface area (Å²) in [6.07, 6.45) is 27.5. The molecule has 7 heteroatoms. The molecule has 0 aliphatic carbocycles. The minimum atomic E-state index is -0.0365. The Kier molecular flexibility index (Phi) is 33.5. The number of carbonyl (C=O) groups excluding carboxylic acids is 3. The van der Waals surface area contributed by atoms with Crippen LogP contribution in [-0.4, -0.2) is 61.6 Å². The zero-order chi connectivity index (χ0) is 33.9. The summed E-state index contributed by atoms with van der Waals surface area (Å²) in [5.74, 6) is 0.0805. The van der Waals surface area contributed by atoms with Crippen molar-refractivity contribution in [2.24, 2.45) is 0 Å². The van der Waals surface area contributed by atoms with Crippen LogP contribution < -0.4 is 5.32 Å². The summed E-state index contributed by atoms with van der Waals surface area (Å²) in [6.45, 7) is 13.0. The van der Waals surface area contributed by atoms with Gasteiger partial charge in [-0.3, -0.25) is 14.4 Å². The van der Waals surface area contributed by atoms with Crippen LogP contribution in [0.5, 0.6) is 0 Å². The van der Waals surface area contributed by atoms with Crippen molar-refractivity contribution >= 4 is 17.8 Å². The number of ether oxygens (including phenoxy) is 2. The van der Waals surface area contributed by atoms with Gasteiger partial charge in [-0.25, -0.2) is 0 Å². The lowest BCUT2D eigenvalue weighted by Crippen LogP contribution is -2.31.